The van der Waals surface area contributed by atoms with Crippen LogP contribution in [0.2, 0.25) is 0 Å². The topological polar surface area (TPSA) is 96.2 Å². The lowest BCUT2D eigenvalue weighted by molar-refractivity contribution is -0.188. The van der Waals surface area contributed by atoms with Gasteiger partial charge in [0.25, 0.3) is 0 Å². The van der Waals surface area contributed by atoms with Gasteiger partial charge in [-0.05, 0) is 53.2 Å². The lowest BCUT2D eigenvalue weighted by Crippen LogP contribution is -2.28. The minimum absolute atomic E-state index is 0.0569. The minimum atomic E-state index is -0.656. The van der Waals surface area contributed by atoms with Crippen molar-refractivity contribution in [1.29, 1.82) is 0 Å². The average Bonchev–Trinajstić information content (AvgIpc) is 3.24. The first-order valence-electron chi connectivity index (χ1n) is 9.92. The van der Waals surface area contributed by atoms with E-state index in [1.807, 2.05) is 26.0 Å². The number of anilines is 1. The number of hydrogen-bond acceptors (Lipinski definition) is 7. The van der Waals surface area contributed by atoms with Crippen molar-refractivity contribution in [2.75, 3.05) is 5.32 Å². The summed E-state index contributed by atoms with van der Waals surface area (Å²) in [5, 5.41) is 7.06. The number of amides is 1. The van der Waals surface area contributed by atoms with Crippen molar-refractivity contribution >= 4 is 17.4 Å². The average molecular weight is 404 g/mol. The first-order chi connectivity index (χ1) is 13.6. The molecular weight excluding hydrogens is 376 g/mol. The van der Waals surface area contributed by atoms with Crippen molar-refractivity contribution in [3.8, 4) is 0 Å². The van der Waals surface area contributed by atoms with Gasteiger partial charge in [0.1, 0.15) is 35.8 Å². The van der Waals surface area contributed by atoms with Crippen LogP contribution >= 0.6 is 0 Å². The van der Waals surface area contributed by atoms with E-state index in [1.54, 1.807) is 25.3 Å². The molecule has 0 aromatic carbocycles. The molecule has 9 nitrogen and oxygen atoms in total. The van der Waals surface area contributed by atoms with Crippen LogP contribution in [0.4, 0.5) is 10.6 Å². The van der Waals surface area contributed by atoms with Crippen LogP contribution in [-0.2, 0) is 18.9 Å². The van der Waals surface area contributed by atoms with E-state index < -0.39 is 17.5 Å². The Morgan fingerprint density at radius 2 is 2.00 bits per heavy atom. The zero-order valence-electron chi connectivity index (χ0n) is 17.6. The van der Waals surface area contributed by atoms with Crippen LogP contribution in [0.3, 0.4) is 0 Å². The van der Waals surface area contributed by atoms with Gasteiger partial charge in [-0.25, -0.2) is 14.3 Å². The second-order valence-corrected chi connectivity index (χ2v) is 8.86. The van der Waals surface area contributed by atoms with Crippen LogP contribution in [0, 0.1) is 0 Å². The number of nitrogens with zero attached hydrogens (tertiary/aromatic N) is 3. The summed E-state index contributed by atoms with van der Waals surface area (Å²) in [4.78, 5) is 16.4. The first kappa shape index (κ1) is 20.1. The Morgan fingerprint density at radius 3 is 2.69 bits per heavy atom. The number of rotatable bonds is 3. The molecule has 0 bridgehead atoms. The van der Waals surface area contributed by atoms with Gasteiger partial charge >= 0.3 is 6.09 Å². The predicted molar refractivity (Wildman–Crippen MR) is 105 cm³/mol. The fourth-order valence-electron chi connectivity index (χ4n) is 3.91. The summed E-state index contributed by atoms with van der Waals surface area (Å²) >= 11 is 0. The Labute approximate surface area is 169 Å². The standard InChI is InChI=1S/C20H28N4O5/c1-7-13-15-16(28-20(5,6)27-15)14(26-13)11-8-9-12-17(21-10-22-24(11)12)23-18(25)29-19(2,3)4/h8-10,13-16H,7H2,1-6H3,(H,21,22,23,25)/t13-,14+,15-,16+/m1/s1. The largest absolute Gasteiger partial charge is 0.444 e. The summed E-state index contributed by atoms with van der Waals surface area (Å²) < 4.78 is 25.5. The van der Waals surface area contributed by atoms with E-state index in [1.165, 1.54) is 6.33 Å². The van der Waals surface area contributed by atoms with Gasteiger partial charge in [-0.1, -0.05) is 6.92 Å². The van der Waals surface area contributed by atoms with Gasteiger partial charge in [-0.2, -0.15) is 5.10 Å². The number of ether oxygens (including phenoxy) is 4. The summed E-state index contributed by atoms with van der Waals surface area (Å²) in [6.45, 7) is 11.3. The molecule has 0 spiro atoms. The number of aromatic nitrogens is 3. The van der Waals surface area contributed by atoms with Crippen LogP contribution < -0.4 is 5.32 Å². The molecule has 4 rings (SSSR count). The Bertz CT molecular complexity index is 919. The third kappa shape index (κ3) is 3.82. The van der Waals surface area contributed by atoms with E-state index in [0.29, 0.717) is 11.3 Å². The van der Waals surface area contributed by atoms with Crippen molar-refractivity contribution in [3.63, 3.8) is 0 Å². The van der Waals surface area contributed by atoms with E-state index in [9.17, 15) is 4.79 Å². The van der Waals surface area contributed by atoms with Crippen LogP contribution in [0.1, 0.15) is 59.8 Å². The van der Waals surface area contributed by atoms with E-state index >= 15 is 0 Å². The molecule has 0 saturated carbocycles. The summed E-state index contributed by atoms with van der Waals surface area (Å²) in [6.07, 6.45) is 0.886. The summed E-state index contributed by atoms with van der Waals surface area (Å²) in [6, 6.07) is 3.76. The van der Waals surface area contributed by atoms with Gasteiger partial charge in [-0.3, -0.25) is 5.32 Å². The fraction of sp³-hybridized carbons (Fsp3) is 0.650. The van der Waals surface area contributed by atoms with E-state index in [2.05, 4.69) is 22.3 Å². The number of carbonyl (C=O) groups is 1. The SMILES string of the molecule is CC[C@H]1O[C@@H](c2ccc3c(NC(=O)OC(C)(C)C)ncnn23)[C@@H]2OC(C)(C)O[C@@H]21. The molecular formula is C20H28N4O5. The molecule has 9 heteroatoms. The second kappa shape index (κ2) is 6.93. The van der Waals surface area contributed by atoms with E-state index in [4.69, 9.17) is 18.9 Å². The van der Waals surface area contributed by atoms with Gasteiger partial charge in [0.05, 0.1) is 11.8 Å². The smallest absolute Gasteiger partial charge is 0.413 e. The van der Waals surface area contributed by atoms with Crippen molar-refractivity contribution in [2.24, 2.45) is 0 Å². The molecule has 29 heavy (non-hydrogen) atoms. The zero-order valence-corrected chi connectivity index (χ0v) is 17.6. The maximum Gasteiger partial charge on any atom is 0.413 e. The molecule has 0 radical (unpaired) electrons. The molecule has 0 aliphatic carbocycles. The van der Waals surface area contributed by atoms with Gasteiger partial charge in [0.2, 0.25) is 0 Å². The molecule has 2 aromatic rings. The van der Waals surface area contributed by atoms with Gasteiger partial charge in [0.15, 0.2) is 11.6 Å². The second-order valence-electron chi connectivity index (χ2n) is 8.86. The monoisotopic (exact) mass is 404 g/mol. The molecule has 4 heterocycles. The minimum Gasteiger partial charge on any atom is -0.444 e. The molecule has 158 valence electrons. The fourth-order valence-corrected chi connectivity index (χ4v) is 3.91. The summed E-state index contributed by atoms with van der Waals surface area (Å²) in [7, 11) is 0. The number of hydrogen-bond donors (Lipinski definition) is 1. The molecule has 1 amide bonds. The summed E-state index contributed by atoms with van der Waals surface area (Å²) in [5.74, 6) is -0.290. The first-order valence-corrected chi connectivity index (χ1v) is 9.92. The van der Waals surface area contributed by atoms with Crippen LogP contribution in [0.5, 0.6) is 0 Å². The maximum absolute atomic E-state index is 12.2. The van der Waals surface area contributed by atoms with Gasteiger partial charge < -0.3 is 18.9 Å². The van der Waals surface area contributed by atoms with Crippen molar-refractivity contribution in [1.82, 2.24) is 14.6 Å². The Morgan fingerprint density at radius 1 is 1.28 bits per heavy atom. The molecule has 2 aliphatic rings. The number of nitrogens with one attached hydrogen (secondary N) is 1. The van der Waals surface area contributed by atoms with Gasteiger partial charge in [-0.15, -0.1) is 0 Å². The van der Waals surface area contributed by atoms with E-state index in [0.717, 1.165) is 12.1 Å². The highest BCUT2D eigenvalue weighted by Crippen LogP contribution is 2.46. The summed E-state index contributed by atoms with van der Waals surface area (Å²) in [5.41, 5.74) is 0.864. The molecule has 2 saturated heterocycles. The Kier molecular flexibility index (Phi) is 4.79. The van der Waals surface area contributed by atoms with Gasteiger partial charge in [0, 0.05) is 0 Å². The van der Waals surface area contributed by atoms with Crippen LogP contribution in [0.15, 0.2) is 18.5 Å². The number of fused-ring (bicyclic) bond motifs is 2. The third-order valence-corrected chi connectivity index (χ3v) is 4.94. The maximum atomic E-state index is 12.2. The molecule has 2 aromatic heterocycles. The Hall–Kier alpha value is -2.23. The van der Waals surface area contributed by atoms with Crippen LogP contribution in [0.25, 0.3) is 5.52 Å². The number of carbonyl (C=O) groups excluding carboxylic acids is 1. The molecule has 0 unspecified atom stereocenters. The quantitative estimate of drug-likeness (QED) is 0.837. The zero-order chi connectivity index (χ0) is 21.0. The molecule has 4 atom stereocenters. The van der Waals surface area contributed by atoms with E-state index in [-0.39, 0.29) is 24.4 Å². The molecule has 2 fully saturated rings. The van der Waals surface area contributed by atoms with Crippen molar-refractivity contribution in [2.45, 2.75) is 83.8 Å². The lowest BCUT2D eigenvalue weighted by atomic mass is 10.0. The highest BCUT2D eigenvalue weighted by atomic mass is 16.8. The van der Waals surface area contributed by atoms with Crippen molar-refractivity contribution in [3.05, 3.63) is 24.2 Å². The molecule has 1 N–H and O–H groups in total. The predicted octanol–water partition coefficient (Wildman–Crippen LogP) is 3.45. The third-order valence-electron chi connectivity index (χ3n) is 4.94. The van der Waals surface area contributed by atoms with Crippen LogP contribution in [-0.4, -0.2) is 50.4 Å². The highest BCUT2D eigenvalue weighted by molar-refractivity contribution is 5.88. The highest BCUT2D eigenvalue weighted by Gasteiger charge is 2.55. The van der Waals surface area contributed by atoms with Crippen molar-refractivity contribution < 1.29 is 23.7 Å². The Balaban J connectivity index is 1.64. The normalized spacial score (nSPS) is 28.5. The lowest BCUT2D eigenvalue weighted by Gasteiger charge is -2.23. The molecule has 2 aliphatic heterocycles.